The highest BCUT2D eigenvalue weighted by molar-refractivity contribution is 7.89. The van der Waals surface area contributed by atoms with Crippen molar-refractivity contribution in [3.05, 3.63) is 66.5 Å². The lowest BCUT2D eigenvalue weighted by atomic mass is 10.2. The van der Waals surface area contributed by atoms with Crippen LogP contribution in [0, 0.1) is 6.92 Å². The third-order valence-corrected chi connectivity index (χ3v) is 6.60. The number of para-hydroxylation sites is 1. The van der Waals surface area contributed by atoms with E-state index in [2.05, 4.69) is 10.3 Å². The van der Waals surface area contributed by atoms with Crippen molar-refractivity contribution in [2.45, 2.75) is 24.3 Å². The Kier molecular flexibility index (Phi) is 4.67. The van der Waals surface area contributed by atoms with Crippen molar-refractivity contribution in [2.24, 2.45) is 0 Å². The summed E-state index contributed by atoms with van der Waals surface area (Å²) < 4.78 is 34.9. The average Bonchev–Trinajstić information content (AvgIpc) is 3.36. The number of benzene rings is 2. The zero-order valence-corrected chi connectivity index (χ0v) is 15.7. The van der Waals surface area contributed by atoms with Crippen LogP contribution in [-0.2, 0) is 10.0 Å². The van der Waals surface area contributed by atoms with Crippen LogP contribution in [0.5, 0.6) is 11.5 Å². The topological polar surface area (TPSA) is 77.3 Å². The fraction of sp³-hybridized carbons (Fsp3) is 0.263. The standard InChI is InChI=1S/C19H20N4O3S/c1-15-4-2-3-5-19(15)26-17-6-8-18(9-7-17)27(24,25)22-12-10-16(14-22)23-13-11-20-21-23/h2-9,11,13,16H,10,12,14H2,1H3. The van der Waals surface area contributed by atoms with E-state index in [0.717, 1.165) is 17.7 Å². The molecule has 1 unspecified atom stereocenters. The first-order chi connectivity index (χ1) is 13.0. The van der Waals surface area contributed by atoms with Gasteiger partial charge in [-0.15, -0.1) is 5.10 Å². The number of nitrogens with zero attached hydrogens (tertiary/aromatic N) is 4. The molecule has 27 heavy (non-hydrogen) atoms. The van der Waals surface area contributed by atoms with E-state index in [0.29, 0.717) is 18.8 Å². The van der Waals surface area contributed by atoms with Gasteiger partial charge in [-0.1, -0.05) is 23.4 Å². The summed E-state index contributed by atoms with van der Waals surface area (Å²) >= 11 is 0. The molecule has 1 aliphatic rings. The molecule has 2 aromatic carbocycles. The number of sulfonamides is 1. The third kappa shape index (κ3) is 3.58. The molecule has 0 saturated carbocycles. The van der Waals surface area contributed by atoms with E-state index in [-0.39, 0.29) is 10.9 Å². The van der Waals surface area contributed by atoms with Gasteiger partial charge in [0.1, 0.15) is 11.5 Å². The van der Waals surface area contributed by atoms with Crippen LogP contribution in [0.3, 0.4) is 0 Å². The number of ether oxygens (including phenoxy) is 1. The Bertz CT molecular complexity index is 1020. The normalized spacial score (nSPS) is 17.9. The van der Waals surface area contributed by atoms with E-state index in [1.54, 1.807) is 41.3 Å². The Balaban J connectivity index is 1.49. The first kappa shape index (κ1) is 17.7. The molecule has 7 nitrogen and oxygen atoms in total. The molecule has 1 saturated heterocycles. The molecular weight excluding hydrogens is 364 g/mol. The van der Waals surface area contributed by atoms with Crippen molar-refractivity contribution in [1.82, 2.24) is 19.3 Å². The first-order valence-electron chi connectivity index (χ1n) is 8.73. The maximum absolute atomic E-state index is 12.9. The summed E-state index contributed by atoms with van der Waals surface area (Å²) in [5, 5.41) is 7.77. The van der Waals surface area contributed by atoms with E-state index in [1.165, 1.54) is 4.31 Å². The van der Waals surface area contributed by atoms with E-state index in [9.17, 15) is 8.42 Å². The van der Waals surface area contributed by atoms with Gasteiger partial charge in [0.05, 0.1) is 17.1 Å². The molecule has 1 aromatic heterocycles. The number of aryl methyl sites for hydroxylation is 1. The molecule has 3 aromatic rings. The predicted octanol–water partition coefficient (Wildman–Crippen LogP) is 3.01. The number of rotatable bonds is 5. The molecule has 1 atom stereocenters. The van der Waals surface area contributed by atoms with Gasteiger partial charge in [0.15, 0.2) is 0 Å². The minimum Gasteiger partial charge on any atom is -0.457 e. The lowest BCUT2D eigenvalue weighted by molar-refractivity contribution is 0.428. The summed E-state index contributed by atoms with van der Waals surface area (Å²) in [6.07, 6.45) is 4.08. The van der Waals surface area contributed by atoms with Crippen molar-refractivity contribution in [1.29, 1.82) is 0 Å². The Hall–Kier alpha value is -2.71. The van der Waals surface area contributed by atoms with Crippen molar-refractivity contribution in [2.75, 3.05) is 13.1 Å². The number of hydrogen-bond acceptors (Lipinski definition) is 5. The molecule has 0 spiro atoms. The van der Waals surface area contributed by atoms with Gasteiger partial charge in [-0.3, -0.25) is 0 Å². The van der Waals surface area contributed by atoms with Gasteiger partial charge < -0.3 is 4.74 Å². The van der Waals surface area contributed by atoms with Gasteiger partial charge in [0, 0.05) is 19.3 Å². The van der Waals surface area contributed by atoms with Crippen LogP contribution in [0.4, 0.5) is 0 Å². The van der Waals surface area contributed by atoms with E-state index >= 15 is 0 Å². The molecule has 0 N–H and O–H groups in total. The van der Waals surface area contributed by atoms with Gasteiger partial charge in [-0.25, -0.2) is 13.1 Å². The highest BCUT2D eigenvalue weighted by atomic mass is 32.2. The van der Waals surface area contributed by atoms with Gasteiger partial charge in [0.25, 0.3) is 0 Å². The second-order valence-corrected chi connectivity index (χ2v) is 8.47. The van der Waals surface area contributed by atoms with Crippen molar-refractivity contribution in [3.63, 3.8) is 0 Å². The summed E-state index contributed by atoms with van der Waals surface area (Å²) in [6.45, 7) is 2.83. The van der Waals surface area contributed by atoms with Crippen molar-refractivity contribution >= 4 is 10.0 Å². The Morgan fingerprint density at radius 1 is 1.11 bits per heavy atom. The van der Waals surface area contributed by atoms with Crippen molar-refractivity contribution < 1.29 is 13.2 Å². The summed E-state index contributed by atoms with van der Waals surface area (Å²) in [5.41, 5.74) is 1.02. The second-order valence-electron chi connectivity index (χ2n) is 6.53. The number of aromatic nitrogens is 3. The minimum absolute atomic E-state index is 0.0194. The Morgan fingerprint density at radius 3 is 2.59 bits per heavy atom. The molecule has 2 heterocycles. The Morgan fingerprint density at radius 2 is 1.89 bits per heavy atom. The van der Waals surface area contributed by atoms with Crippen LogP contribution in [0.15, 0.2) is 65.8 Å². The molecular formula is C19H20N4O3S. The quantitative estimate of drug-likeness (QED) is 0.676. The highest BCUT2D eigenvalue weighted by Gasteiger charge is 2.33. The molecule has 4 rings (SSSR count). The molecule has 1 fully saturated rings. The van der Waals surface area contributed by atoms with Gasteiger partial charge in [-0.2, -0.15) is 4.31 Å². The van der Waals surface area contributed by atoms with E-state index in [4.69, 9.17) is 4.74 Å². The maximum atomic E-state index is 12.9. The lowest BCUT2D eigenvalue weighted by Crippen LogP contribution is -2.29. The van der Waals surface area contributed by atoms with Crippen LogP contribution in [0.2, 0.25) is 0 Å². The largest absolute Gasteiger partial charge is 0.457 e. The number of hydrogen-bond donors (Lipinski definition) is 0. The maximum Gasteiger partial charge on any atom is 0.243 e. The molecule has 0 radical (unpaired) electrons. The van der Waals surface area contributed by atoms with Gasteiger partial charge >= 0.3 is 0 Å². The highest BCUT2D eigenvalue weighted by Crippen LogP contribution is 2.29. The monoisotopic (exact) mass is 384 g/mol. The first-order valence-corrected chi connectivity index (χ1v) is 10.2. The fourth-order valence-corrected chi connectivity index (χ4v) is 4.68. The van der Waals surface area contributed by atoms with Crippen LogP contribution >= 0.6 is 0 Å². The molecule has 0 bridgehead atoms. The van der Waals surface area contributed by atoms with Crippen LogP contribution < -0.4 is 4.74 Å². The van der Waals surface area contributed by atoms with Crippen molar-refractivity contribution in [3.8, 4) is 11.5 Å². The molecule has 0 aliphatic carbocycles. The van der Waals surface area contributed by atoms with Crippen LogP contribution in [0.1, 0.15) is 18.0 Å². The minimum atomic E-state index is -3.54. The summed E-state index contributed by atoms with van der Waals surface area (Å²) in [6, 6.07) is 14.3. The third-order valence-electron chi connectivity index (χ3n) is 4.72. The summed E-state index contributed by atoms with van der Waals surface area (Å²) in [7, 11) is -3.54. The second kappa shape index (κ2) is 7.13. The lowest BCUT2D eigenvalue weighted by Gasteiger charge is -2.17. The van der Waals surface area contributed by atoms with Crippen LogP contribution in [-0.4, -0.2) is 40.8 Å². The smallest absolute Gasteiger partial charge is 0.243 e. The summed E-state index contributed by atoms with van der Waals surface area (Å²) in [4.78, 5) is 0.263. The Labute approximate surface area is 158 Å². The van der Waals surface area contributed by atoms with Gasteiger partial charge in [0.2, 0.25) is 10.0 Å². The van der Waals surface area contributed by atoms with Crippen LogP contribution in [0.25, 0.3) is 0 Å². The van der Waals surface area contributed by atoms with E-state index in [1.807, 2.05) is 31.2 Å². The average molecular weight is 384 g/mol. The molecule has 1 aliphatic heterocycles. The fourth-order valence-electron chi connectivity index (χ4n) is 3.18. The zero-order valence-electron chi connectivity index (χ0n) is 14.9. The molecule has 0 amide bonds. The molecule has 8 heteroatoms. The SMILES string of the molecule is Cc1ccccc1Oc1ccc(S(=O)(=O)N2CCC(n3ccnn3)C2)cc1. The zero-order chi connectivity index (χ0) is 18.9. The predicted molar refractivity (Wildman–Crippen MR) is 100 cm³/mol. The summed E-state index contributed by atoms with van der Waals surface area (Å²) in [5.74, 6) is 1.36. The van der Waals surface area contributed by atoms with E-state index < -0.39 is 10.0 Å². The van der Waals surface area contributed by atoms with Gasteiger partial charge in [-0.05, 0) is 49.2 Å². The molecule has 140 valence electrons.